The van der Waals surface area contributed by atoms with Crippen LogP contribution in [0.2, 0.25) is 0 Å². The van der Waals surface area contributed by atoms with Crippen molar-refractivity contribution in [3.8, 4) is 0 Å². The Balaban J connectivity index is 2.29. The predicted octanol–water partition coefficient (Wildman–Crippen LogP) is 3.51. The number of hydrogen-bond donors (Lipinski definition) is 0. The first-order valence-electron chi connectivity index (χ1n) is 7.60. The van der Waals surface area contributed by atoms with Gasteiger partial charge in [0.15, 0.2) is 0 Å². The first kappa shape index (κ1) is 13.9. The molecule has 2 aromatic heterocycles. The normalized spacial score (nSPS) is 11.7. The van der Waals surface area contributed by atoms with E-state index in [0.29, 0.717) is 5.92 Å². The van der Waals surface area contributed by atoms with E-state index in [9.17, 15) is 0 Å². The Kier molecular flexibility index (Phi) is 3.53. The Morgan fingerprint density at radius 3 is 2.76 bits per heavy atom. The third-order valence-electron chi connectivity index (χ3n) is 3.79. The number of nitrogens with zero attached hydrogens (tertiary/aromatic N) is 4. The molecule has 3 aromatic rings. The first-order chi connectivity index (χ1) is 10.1. The standard InChI is InChI=1S/C17H22N4/c1-5-20(11-12(2)3)21-17-15(13(4)19-21)9-8-14-7-6-10-18-16(14)17/h6-10,12H,5,11H2,1-4H3. The predicted molar refractivity (Wildman–Crippen MR) is 88.2 cm³/mol. The quantitative estimate of drug-likeness (QED) is 0.734. The summed E-state index contributed by atoms with van der Waals surface area (Å²) in [5.74, 6) is 0.590. The van der Waals surface area contributed by atoms with Crippen molar-refractivity contribution in [1.29, 1.82) is 0 Å². The third kappa shape index (κ3) is 2.35. The maximum atomic E-state index is 4.77. The van der Waals surface area contributed by atoms with Crippen molar-refractivity contribution in [1.82, 2.24) is 14.9 Å². The molecule has 0 fully saturated rings. The molecule has 0 aliphatic rings. The van der Waals surface area contributed by atoms with Gasteiger partial charge in [0.1, 0.15) is 5.52 Å². The first-order valence-corrected chi connectivity index (χ1v) is 7.60. The maximum absolute atomic E-state index is 4.77. The topological polar surface area (TPSA) is 34.0 Å². The second-order valence-corrected chi connectivity index (χ2v) is 5.91. The van der Waals surface area contributed by atoms with Gasteiger partial charge in [-0.1, -0.05) is 32.0 Å². The Morgan fingerprint density at radius 1 is 1.24 bits per heavy atom. The van der Waals surface area contributed by atoms with Crippen molar-refractivity contribution >= 4 is 21.8 Å². The molecule has 1 aromatic carbocycles. The number of rotatable bonds is 4. The van der Waals surface area contributed by atoms with E-state index in [1.54, 1.807) is 0 Å². The minimum Gasteiger partial charge on any atom is -0.296 e. The number of pyridine rings is 1. The Bertz CT molecular complexity index is 773. The highest BCUT2D eigenvalue weighted by molar-refractivity contribution is 6.04. The van der Waals surface area contributed by atoms with Crippen molar-refractivity contribution < 1.29 is 0 Å². The molecule has 21 heavy (non-hydrogen) atoms. The molecular formula is C17H22N4. The van der Waals surface area contributed by atoms with Crippen molar-refractivity contribution in [3.63, 3.8) is 0 Å². The van der Waals surface area contributed by atoms with E-state index in [4.69, 9.17) is 5.10 Å². The fourth-order valence-corrected chi connectivity index (χ4v) is 2.84. The van der Waals surface area contributed by atoms with Gasteiger partial charge in [0.25, 0.3) is 0 Å². The maximum Gasteiger partial charge on any atom is 0.119 e. The van der Waals surface area contributed by atoms with Gasteiger partial charge < -0.3 is 0 Å². The molecule has 0 amide bonds. The van der Waals surface area contributed by atoms with Gasteiger partial charge in [-0.05, 0) is 25.8 Å². The lowest BCUT2D eigenvalue weighted by Gasteiger charge is -2.25. The molecule has 4 nitrogen and oxygen atoms in total. The van der Waals surface area contributed by atoms with E-state index in [2.05, 4.69) is 60.7 Å². The number of hydrogen-bond acceptors (Lipinski definition) is 3. The minimum atomic E-state index is 0.590. The molecule has 0 saturated heterocycles. The Morgan fingerprint density at radius 2 is 2.05 bits per heavy atom. The third-order valence-corrected chi connectivity index (χ3v) is 3.79. The zero-order chi connectivity index (χ0) is 15.0. The van der Waals surface area contributed by atoms with Crippen LogP contribution in [-0.4, -0.2) is 28.0 Å². The number of aromatic nitrogens is 3. The molecule has 0 spiro atoms. The average Bonchev–Trinajstić information content (AvgIpc) is 2.82. The van der Waals surface area contributed by atoms with Crippen molar-refractivity contribution in [3.05, 3.63) is 36.2 Å². The van der Waals surface area contributed by atoms with Gasteiger partial charge in [0.05, 0.1) is 11.2 Å². The van der Waals surface area contributed by atoms with Gasteiger partial charge in [0.2, 0.25) is 0 Å². The molecule has 0 saturated carbocycles. The highest BCUT2D eigenvalue weighted by Crippen LogP contribution is 2.26. The van der Waals surface area contributed by atoms with Crippen LogP contribution in [0.5, 0.6) is 0 Å². The van der Waals surface area contributed by atoms with Gasteiger partial charge in [-0.3, -0.25) is 9.99 Å². The summed E-state index contributed by atoms with van der Waals surface area (Å²) in [6, 6.07) is 8.37. The summed E-state index contributed by atoms with van der Waals surface area (Å²) < 4.78 is 0. The molecule has 0 N–H and O–H groups in total. The Labute approximate surface area is 125 Å². The van der Waals surface area contributed by atoms with Crippen molar-refractivity contribution in [2.75, 3.05) is 18.1 Å². The highest BCUT2D eigenvalue weighted by atomic mass is 15.7. The van der Waals surface area contributed by atoms with Crippen LogP contribution in [0.1, 0.15) is 26.5 Å². The van der Waals surface area contributed by atoms with Crippen LogP contribution >= 0.6 is 0 Å². The van der Waals surface area contributed by atoms with Crippen LogP contribution in [0.4, 0.5) is 0 Å². The van der Waals surface area contributed by atoms with Crippen molar-refractivity contribution in [2.45, 2.75) is 27.7 Å². The average molecular weight is 282 g/mol. The summed E-state index contributed by atoms with van der Waals surface area (Å²) in [6.45, 7) is 10.6. The van der Waals surface area contributed by atoms with Crippen LogP contribution in [0.3, 0.4) is 0 Å². The van der Waals surface area contributed by atoms with E-state index in [0.717, 1.165) is 35.2 Å². The summed E-state index contributed by atoms with van der Waals surface area (Å²) in [5.41, 5.74) is 3.20. The van der Waals surface area contributed by atoms with Crippen LogP contribution in [0.25, 0.3) is 21.8 Å². The van der Waals surface area contributed by atoms with Crippen LogP contribution in [-0.2, 0) is 0 Å². The molecule has 0 aliphatic carbocycles. The fourth-order valence-electron chi connectivity index (χ4n) is 2.84. The molecule has 0 unspecified atom stereocenters. The van der Waals surface area contributed by atoms with E-state index in [1.807, 2.05) is 12.3 Å². The van der Waals surface area contributed by atoms with E-state index in [-0.39, 0.29) is 0 Å². The molecular weight excluding hydrogens is 260 g/mol. The van der Waals surface area contributed by atoms with E-state index >= 15 is 0 Å². The molecule has 3 rings (SSSR count). The van der Waals surface area contributed by atoms with Gasteiger partial charge in [-0.2, -0.15) is 9.89 Å². The number of fused-ring (bicyclic) bond motifs is 3. The number of benzene rings is 1. The SMILES string of the molecule is CCN(CC(C)C)n1nc(C)c2ccc3cccnc3c21. The summed E-state index contributed by atoms with van der Waals surface area (Å²) in [5, 5.41) is 9.40. The van der Waals surface area contributed by atoms with Gasteiger partial charge in [0, 0.05) is 30.1 Å². The lowest BCUT2D eigenvalue weighted by atomic mass is 10.1. The zero-order valence-electron chi connectivity index (χ0n) is 13.2. The fraction of sp³-hybridized carbons (Fsp3) is 0.412. The minimum absolute atomic E-state index is 0.590. The van der Waals surface area contributed by atoms with Crippen LogP contribution < -0.4 is 5.01 Å². The molecule has 2 heterocycles. The lowest BCUT2D eigenvalue weighted by molar-refractivity contribution is 0.491. The number of aryl methyl sites for hydroxylation is 1. The largest absolute Gasteiger partial charge is 0.296 e. The van der Waals surface area contributed by atoms with Crippen LogP contribution in [0, 0.1) is 12.8 Å². The second-order valence-electron chi connectivity index (χ2n) is 5.91. The van der Waals surface area contributed by atoms with Crippen LogP contribution in [0.15, 0.2) is 30.5 Å². The van der Waals surface area contributed by atoms with E-state index < -0.39 is 0 Å². The molecule has 0 bridgehead atoms. The molecule has 0 atom stereocenters. The smallest absolute Gasteiger partial charge is 0.119 e. The summed E-state index contributed by atoms with van der Waals surface area (Å²) >= 11 is 0. The van der Waals surface area contributed by atoms with E-state index in [1.165, 1.54) is 5.39 Å². The molecule has 0 aliphatic heterocycles. The van der Waals surface area contributed by atoms with Gasteiger partial charge >= 0.3 is 0 Å². The second kappa shape index (κ2) is 5.35. The summed E-state index contributed by atoms with van der Waals surface area (Å²) in [6.07, 6.45) is 1.85. The lowest BCUT2D eigenvalue weighted by Crippen LogP contribution is -2.38. The highest BCUT2D eigenvalue weighted by Gasteiger charge is 2.16. The summed E-state index contributed by atoms with van der Waals surface area (Å²) in [4.78, 5) is 6.65. The Hall–Kier alpha value is -2.10. The molecule has 110 valence electrons. The molecule has 0 radical (unpaired) electrons. The zero-order valence-corrected chi connectivity index (χ0v) is 13.2. The summed E-state index contributed by atoms with van der Waals surface area (Å²) in [7, 11) is 0. The van der Waals surface area contributed by atoms with Crippen molar-refractivity contribution in [2.24, 2.45) is 5.92 Å². The molecule has 4 heteroatoms. The van der Waals surface area contributed by atoms with Gasteiger partial charge in [-0.15, -0.1) is 0 Å². The monoisotopic (exact) mass is 282 g/mol. The van der Waals surface area contributed by atoms with Gasteiger partial charge in [-0.25, -0.2) is 0 Å².